The summed E-state index contributed by atoms with van der Waals surface area (Å²) < 4.78 is 25.9. The van der Waals surface area contributed by atoms with Crippen LogP contribution < -0.4 is 14.5 Å². The molecule has 1 aliphatic rings. The maximum atomic E-state index is 12.8. The smallest absolute Gasteiger partial charge is 0.245 e. The molecule has 0 radical (unpaired) electrons. The monoisotopic (exact) mass is 457 g/mol. The third kappa shape index (κ3) is 5.48. The van der Waals surface area contributed by atoms with Gasteiger partial charge in [-0.15, -0.1) is 0 Å². The second-order valence-corrected chi connectivity index (χ2v) is 11.2. The van der Waals surface area contributed by atoms with Gasteiger partial charge in [0, 0.05) is 24.3 Å². The number of aryl methyl sites for hydroxylation is 1. The van der Waals surface area contributed by atoms with Crippen molar-refractivity contribution in [3.63, 3.8) is 0 Å². The van der Waals surface area contributed by atoms with Gasteiger partial charge in [0.2, 0.25) is 21.8 Å². The van der Waals surface area contributed by atoms with E-state index in [1.807, 2.05) is 25.1 Å². The maximum Gasteiger partial charge on any atom is 0.245 e. The van der Waals surface area contributed by atoms with Crippen molar-refractivity contribution in [3.8, 4) is 0 Å². The molecule has 0 aromatic heterocycles. The fourth-order valence-electron chi connectivity index (χ4n) is 3.74. The van der Waals surface area contributed by atoms with Gasteiger partial charge in [-0.1, -0.05) is 39.0 Å². The van der Waals surface area contributed by atoms with Crippen LogP contribution in [-0.4, -0.2) is 39.6 Å². The number of carbonyl (C=O) groups is 2. The van der Waals surface area contributed by atoms with Crippen LogP contribution in [-0.2, 0) is 25.0 Å². The lowest BCUT2D eigenvalue weighted by molar-refractivity contribution is -0.117. The highest BCUT2D eigenvalue weighted by Crippen LogP contribution is 2.29. The Labute approximate surface area is 190 Å². The molecule has 2 aromatic carbocycles. The minimum absolute atomic E-state index is 0.0638. The molecular weight excluding hydrogens is 426 g/mol. The van der Waals surface area contributed by atoms with Crippen molar-refractivity contribution in [2.24, 2.45) is 0 Å². The van der Waals surface area contributed by atoms with E-state index in [0.717, 1.165) is 33.8 Å². The molecule has 0 spiro atoms. The second-order valence-electron chi connectivity index (χ2n) is 9.26. The van der Waals surface area contributed by atoms with Gasteiger partial charge in [-0.05, 0) is 54.2 Å². The number of sulfonamides is 1. The highest BCUT2D eigenvalue weighted by atomic mass is 32.2. The average molecular weight is 458 g/mol. The third-order valence-corrected chi connectivity index (χ3v) is 6.71. The summed E-state index contributed by atoms with van der Waals surface area (Å²) in [5.41, 5.74) is 3.67. The number of carbonyl (C=O) groups excluding carboxylic acids is 2. The highest BCUT2D eigenvalue weighted by molar-refractivity contribution is 7.92. The summed E-state index contributed by atoms with van der Waals surface area (Å²) in [6.07, 6.45) is 2.42. The first-order valence-corrected chi connectivity index (χ1v) is 12.5. The Morgan fingerprint density at radius 1 is 1.12 bits per heavy atom. The second kappa shape index (κ2) is 8.94. The molecule has 172 valence electrons. The molecule has 2 aromatic rings. The van der Waals surface area contributed by atoms with Crippen LogP contribution in [0.25, 0.3) is 0 Å². The number of nitrogens with one attached hydrogen (secondary N) is 1. The topological polar surface area (TPSA) is 86.8 Å². The summed E-state index contributed by atoms with van der Waals surface area (Å²) in [5, 5.41) is 2.77. The van der Waals surface area contributed by atoms with Gasteiger partial charge < -0.3 is 10.2 Å². The lowest BCUT2D eigenvalue weighted by atomic mass is 9.87. The summed E-state index contributed by atoms with van der Waals surface area (Å²) in [6, 6.07) is 12.6. The standard InChI is InChI=1S/C24H31N3O4S/c1-17-8-11-19(15-21(17)26-14-6-7-23(26)29)25-22(28)16-27(32(5,30)31)20-12-9-18(10-13-20)24(2,3)4/h8-13,15H,6-7,14,16H2,1-5H3,(H,25,28). The van der Waals surface area contributed by atoms with Crippen molar-refractivity contribution in [2.45, 2.75) is 46.0 Å². The Bertz CT molecular complexity index is 1120. The molecule has 1 aliphatic heterocycles. The van der Waals surface area contributed by atoms with Crippen LogP contribution in [0.2, 0.25) is 0 Å². The van der Waals surface area contributed by atoms with Crippen molar-refractivity contribution in [2.75, 3.05) is 33.9 Å². The van der Waals surface area contributed by atoms with Crippen LogP contribution >= 0.6 is 0 Å². The molecule has 1 fully saturated rings. The minimum atomic E-state index is -3.67. The van der Waals surface area contributed by atoms with Gasteiger partial charge in [0.05, 0.1) is 11.9 Å². The number of rotatable bonds is 6. The summed E-state index contributed by atoms with van der Waals surface area (Å²) in [4.78, 5) is 26.6. The third-order valence-electron chi connectivity index (χ3n) is 5.57. The lowest BCUT2D eigenvalue weighted by Gasteiger charge is -2.24. The van der Waals surface area contributed by atoms with Crippen LogP contribution in [0.3, 0.4) is 0 Å². The molecule has 0 bridgehead atoms. The largest absolute Gasteiger partial charge is 0.324 e. The van der Waals surface area contributed by atoms with Crippen LogP contribution in [0.4, 0.5) is 17.1 Å². The van der Waals surface area contributed by atoms with Gasteiger partial charge in [0.1, 0.15) is 6.54 Å². The Balaban J connectivity index is 1.79. The first kappa shape index (κ1) is 23.8. The Morgan fingerprint density at radius 3 is 2.31 bits per heavy atom. The molecule has 1 saturated heterocycles. The van der Waals surface area contributed by atoms with Crippen molar-refractivity contribution >= 4 is 38.9 Å². The van der Waals surface area contributed by atoms with E-state index in [2.05, 4.69) is 26.1 Å². The van der Waals surface area contributed by atoms with Gasteiger partial charge in [0.25, 0.3) is 0 Å². The van der Waals surface area contributed by atoms with Gasteiger partial charge >= 0.3 is 0 Å². The quantitative estimate of drug-likeness (QED) is 0.714. The highest BCUT2D eigenvalue weighted by Gasteiger charge is 2.25. The van der Waals surface area contributed by atoms with E-state index in [4.69, 9.17) is 0 Å². The molecule has 2 amide bonds. The molecule has 32 heavy (non-hydrogen) atoms. The predicted molar refractivity (Wildman–Crippen MR) is 129 cm³/mol. The summed E-state index contributed by atoms with van der Waals surface area (Å²) >= 11 is 0. The fourth-order valence-corrected chi connectivity index (χ4v) is 4.60. The van der Waals surface area contributed by atoms with E-state index in [1.165, 1.54) is 0 Å². The fraction of sp³-hybridized carbons (Fsp3) is 0.417. The minimum Gasteiger partial charge on any atom is -0.324 e. The van der Waals surface area contributed by atoms with E-state index >= 15 is 0 Å². The zero-order valence-corrected chi connectivity index (χ0v) is 20.1. The van der Waals surface area contributed by atoms with E-state index in [9.17, 15) is 18.0 Å². The number of hydrogen-bond acceptors (Lipinski definition) is 4. The van der Waals surface area contributed by atoms with Gasteiger partial charge in [-0.2, -0.15) is 0 Å². The Morgan fingerprint density at radius 2 is 1.78 bits per heavy atom. The molecule has 0 atom stereocenters. The molecule has 7 nitrogen and oxygen atoms in total. The van der Waals surface area contributed by atoms with E-state index < -0.39 is 15.9 Å². The van der Waals surface area contributed by atoms with Crippen LogP contribution in [0.5, 0.6) is 0 Å². The maximum absolute atomic E-state index is 12.8. The molecule has 0 unspecified atom stereocenters. The summed E-state index contributed by atoms with van der Waals surface area (Å²) in [6.45, 7) is 8.46. The lowest BCUT2D eigenvalue weighted by Crippen LogP contribution is -2.37. The number of amides is 2. The average Bonchev–Trinajstić information content (AvgIpc) is 3.12. The molecule has 0 saturated carbocycles. The van der Waals surface area contributed by atoms with Crippen LogP contribution in [0, 0.1) is 6.92 Å². The Kier molecular flexibility index (Phi) is 6.64. The molecule has 1 N–H and O–H groups in total. The van der Waals surface area contributed by atoms with Crippen molar-refractivity contribution in [1.29, 1.82) is 0 Å². The Hall–Kier alpha value is -2.87. The SMILES string of the molecule is Cc1ccc(NC(=O)CN(c2ccc(C(C)(C)C)cc2)S(C)(=O)=O)cc1N1CCCC1=O. The number of anilines is 3. The van der Waals surface area contributed by atoms with Gasteiger partial charge in [-0.25, -0.2) is 8.42 Å². The molecule has 1 heterocycles. The first-order valence-electron chi connectivity index (χ1n) is 10.7. The van der Waals surface area contributed by atoms with Crippen molar-refractivity contribution in [3.05, 3.63) is 53.6 Å². The van der Waals surface area contributed by atoms with E-state index in [-0.39, 0.29) is 17.9 Å². The van der Waals surface area contributed by atoms with Gasteiger partial charge in [-0.3, -0.25) is 13.9 Å². The van der Waals surface area contributed by atoms with Gasteiger partial charge in [0.15, 0.2) is 0 Å². The molecular formula is C24H31N3O4S. The number of hydrogen-bond donors (Lipinski definition) is 1. The summed E-state index contributed by atoms with van der Waals surface area (Å²) in [7, 11) is -3.67. The zero-order chi connectivity index (χ0) is 23.7. The number of nitrogens with zero attached hydrogens (tertiary/aromatic N) is 2. The molecule has 3 rings (SSSR count). The molecule has 0 aliphatic carbocycles. The van der Waals surface area contributed by atoms with Crippen LogP contribution in [0.1, 0.15) is 44.7 Å². The van der Waals surface area contributed by atoms with Crippen molar-refractivity contribution < 1.29 is 18.0 Å². The first-order chi connectivity index (χ1) is 14.9. The van der Waals surface area contributed by atoms with E-state index in [1.54, 1.807) is 29.2 Å². The summed E-state index contributed by atoms with van der Waals surface area (Å²) in [5.74, 6) is -0.392. The molecule has 8 heteroatoms. The van der Waals surface area contributed by atoms with Crippen LogP contribution in [0.15, 0.2) is 42.5 Å². The zero-order valence-electron chi connectivity index (χ0n) is 19.3. The predicted octanol–water partition coefficient (Wildman–Crippen LogP) is 3.82. The van der Waals surface area contributed by atoms with Crippen molar-refractivity contribution in [1.82, 2.24) is 0 Å². The van der Waals surface area contributed by atoms with E-state index in [0.29, 0.717) is 24.3 Å². The number of benzene rings is 2. The normalized spacial score (nSPS) is 14.5.